The molecule has 6 nitrogen and oxygen atoms in total. The summed E-state index contributed by atoms with van der Waals surface area (Å²) in [6, 6.07) is 4.67. The summed E-state index contributed by atoms with van der Waals surface area (Å²) >= 11 is 0. The first-order valence-corrected chi connectivity index (χ1v) is 7.54. The van der Waals surface area contributed by atoms with Crippen LogP contribution in [-0.2, 0) is 7.05 Å². The number of halogens is 3. The molecule has 2 aromatic rings. The van der Waals surface area contributed by atoms with Gasteiger partial charge in [-0.25, -0.2) is 13.8 Å². The fourth-order valence-corrected chi connectivity index (χ4v) is 2.66. The highest BCUT2D eigenvalue weighted by molar-refractivity contribution is 5.97. The van der Waals surface area contributed by atoms with Crippen LogP contribution in [-0.4, -0.2) is 40.6 Å². The lowest BCUT2D eigenvalue weighted by molar-refractivity contribution is -0.109. The number of nitrogens with two attached hydrogens (primary N) is 1. The SMILES string of the molecule is Cl.Cn1cnc(-c2ccc(OC3CCNCC3(F)F)c(C(N)=O)c2)c1. The highest BCUT2D eigenvalue weighted by atomic mass is 35.5. The van der Waals surface area contributed by atoms with Gasteiger partial charge in [0.15, 0.2) is 6.10 Å². The number of carbonyl (C=O) groups excluding carboxylic acids is 1. The number of nitrogens with one attached hydrogen (secondary N) is 1. The van der Waals surface area contributed by atoms with Crippen molar-refractivity contribution in [3.05, 3.63) is 36.3 Å². The fourth-order valence-electron chi connectivity index (χ4n) is 2.66. The molecule has 1 aromatic heterocycles. The maximum absolute atomic E-state index is 13.9. The first-order valence-electron chi connectivity index (χ1n) is 7.54. The van der Waals surface area contributed by atoms with E-state index in [0.29, 0.717) is 17.8 Å². The van der Waals surface area contributed by atoms with Gasteiger partial charge in [-0.3, -0.25) is 4.79 Å². The molecule has 1 fully saturated rings. The molecule has 1 saturated heterocycles. The summed E-state index contributed by atoms with van der Waals surface area (Å²) in [5, 5.41) is 2.63. The minimum Gasteiger partial charge on any atom is -0.483 e. The third kappa shape index (κ3) is 4.08. The number of hydrogen-bond donors (Lipinski definition) is 2. The Hall–Kier alpha value is -2.19. The Kier molecular flexibility index (Phi) is 5.64. The number of alkyl halides is 2. The number of hydrogen-bond acceptors (Lipinski definition) is 4. The number of piperidine rings is 1. The fraction of sp³-hybridized carbons (Fsp3) is 0.375. The molecular weight excluding hydrogens is 354 g/mol. The average molecular weight is 373 g/mol. The molecule has 25 heavy (non-hydrogen) atoms. The first-order chi connectivity index (χ1) is 11.4. The van der Waals surface area contributed by atoms with Gasteiger partial charge in [-0.05, 0) is 24.7 Å². The van der Waals surface area contributed by atoms with Gasteiger partial charge >= 0.3 is 0 Å². The minimum absolute atomic E-state index is 0. The summed E-state index contributed by atoms with van der Waals surface area (Å²) in [6.07, 6.45) is 2.26. The van der Waals surface area contributed by atoms with Crippen molar-refractivity contribution < 1.29 is 18.3 Å². The van der Waals surface area contributed by atoms with Crippen LogP contribution in [0.15, 0.2) is 30.7 Å². The highest BCUT2D eigenvalue weighted by Crippen LogP contribution is 2.31. The topological polar surface area (TPSA) is 82.2 Å². The van der Waals surface area contributed by atoms with Crippen LogP contribution in [0, 0.1) is 0 Å². The van der Waals surface area contributed by atoms with Crippen LogP contribution >= 0.6 is 12.4 Å². The van der Waals surface area contributed by atoms with E-state index in [1.807, 2.05) is 7.05 Å². The Bertz CT molecular complexity index is 766. The summed E-state index contributed by atoms with van der Waals surface area (Å²) in [6.45, 7) is -0.0201. The van der Waals surface area contributed by atoms with Crippen molar-refractivity contribution >= 4 is 18.3 Å². The van der Waals surface area contributed by atoms with E-state index < -0.39 is 24.5 Å². The zero-order valence-corrected chi connectivity index (χ0v) is 14.4. The number of benzene rings is 1. The normalized spacial score (nSPS) is 19.1. The smallest absolute Gasteiger partial charge is 0.296 e. The van der Waals surface area contributed by atoms with Crippen molar-refractivity contribution in [2.75, 3.05) is 13.1 Å². The maximum Gasteiger partial charge on any atom is 0.296 e. The molecule has 1 atom stereocenters. The largest absolute Gasteiger partial charge is 0.483 e. The second-order valence-corrected chi connectivity index (χ2v) is 5.83. The first kappa shape index (κ1) is 19.1. The second kappa shape index (κ2) is 7.37. The lowest BCUT2D eigenvalue weighted by Crippen LogP contribution is -2.52. The molecule has 1 amide bonds. The van der Waals surface area contributed by atoms with Crippen LogP contribution in [0.4, 0.5) is 8.78 Å². The van der Waals surface area contributed by atoms with Crippen LogP contribution < -0.4 is 15.8 Å². The van der Waals surface area contributed by atoms with Crippen molar-refractivity contribution in [3.63, 3.8) is 0 Å². The maximum atomic E-state index is 13.9. The molecule has 1 aromatic carbocycles. The quantitative estimate of drug-likeness (QED) is 0.859. The molecular formula is C16H19ClF2N4O2. The second-order valence-electron chi connectivity index (χ2n) is 5.83. The van der Waals surface area contributed by atoms with E-state index >= 15 is 0 Å². The van der Waals surface area contributed by atoms with Gasteiger partial charge in [0.1, 0.15) is 5.75 Å². The van der Waals surface area contributed by atoms with E-state index in [-0.39, 0.29) is 30.1 Å². The van der Waals surface area contributed by atoms with Gasteiger partial charge in [0.2, 0.25) is 0 Å². The number of amides is 1. The number of aromatic nitrogens is 2. The number of primary amides is 1. The molecule has 3 rings (SSSR count). The van der Waals surface area contributed by atoms with E-state index in [1.165, 1.54) is 12.1 Å². The third-order valence-electron chi connectivity index (χ3n) is 3.93. The Morgan fingerprint density at radius 3 is 2.84 bits per heavy atom. The summed E-state index contributed by atoms with van der Waals surface area (Å²) < 4.78 is 35.0. The molecule has 1 aliphatic heterocycles. The monoisotopic (exact) mass is 372 g/mol. The molecule has 0 spiro atoms. The van der Waals surface area contributed by atoms with Crippen molar-refractivity contribution in [1.82, 2.24) is 14.9 Å². The minimum atomic E-state index is -3.01. The molecule has 0 saturated carbocycles. The van der Waals surface area contributed by atoms with Crippen LogP contribution in [0.25, 0.3) is 11.3 Å². The van der Waals surface area contributed by atoms with Gasteiger partial charge in [0.05, 0.1) is 24.1 Å². The third-order valence-corrected chi connectivity index (χ3v) is 3.93. The molecule has 2 heterocycles. The standard InChI is InChI=1S/C16H18F2N4O2.ClH/c1-22-7-12(21-9-22)10-2-3-13(11(6-10)15(19)23)24-14-4-5-20-8-16(14,17)18;/h2-3,6-7,9,14,20H,4-5,8H2,1H3,(H2,19,23);1H. The van der Waals surface area contributed by atoms with E-state index in [9.17, 15) is 13.6 Å². The Balaban J connectivity index is 0.00000225. The van der Waals surface area contributed by atoms with Crippen LogP contribution in [0.2, 0.25) is 0 Å². The van der Waals surface area contributed by atoms with E-state index in [0.717, 1.165) is 0 Å². The lowest BCUT2D eigenvalue weighted by atomic mass is 10.0. The summed E-state index contributed by atoms with van der Waals surface area (Å²) in [5.74, 6) is -3.68. The van der Waals surface area contributed by atoms with Gasteiger partial charge in [-0.2, -0.15) is 0 Å². The molecule has 1 unspecified atom stereocenters. The Morgan fingerprint density at radius 2 is 2.24 bits per heavy atom. The van der Waals surface area contributed by atoms with Crippen molar-refractivity contribution in [3.8, 4) is 17.0 Å². The number of carbonyl (C=O) groups is 1. The predicted octanol–water partition coefficient (Wildman–Crippen LogP) is 1.98. The van der Waals surface area contributed by atoms with Crippen molar-refractivity contribution in [2.24, 2.45) is 12.8 Å². The highest BCUT2D eigenvalue weighted by Gasteiger charge is 2.43. The van der Waals surface area contributed by atoms with Gasteiger partial charge in [-0.1, -0.05) is 0 Å². The molecule has 0 radical (unpaired) electrons. The molecule has 1 aliphatic rings. The van der Waals surface area contributed by atoms with Gasteiger partial charge in [0, 0.05) is 25.2 Å². The van der Waals surface area contributed by atoms with Crippen LogP contribution in [0.1, 0.15) is 16.8 Å². The molecule has 0 bridgehead atoms. The summed E-state index contributed by atoms with van der Waals surface area (Å²) in [7, 11) is 1.82. The van der Waals surface area contributed by atoms with Gasteiger partial charge in [0.25, 0.3) is 11.8 Å². The van der Waals surface area contributed by atoms with Gasteiger partial charge < -0.3 is 20.4 Å². The average Bonchev–Trinajstić information content (AvgIpc) is 2.96. The number of ether oxygens (including phenoxy) is 1. The number of imidazole rings is 1. The summed E-state index contributed by atoms with van der Waals surface area (Å²) in [5.41, 5.74) is 6.77. The molecule has 9 heteroatoms. The van der Waals surface area contributed by atoms with Crippen LogP contribution in [0.3, 0.4) is 0 Å². The lowest BCUT2D eigenvalue weighted by Gasteiger charge is -2.32. The Morgan fingerprint density at radius 1 is 1.48 bits per heavy atom. The molecule has 3 N–H and O–H groups in total. The zero-order chi connectivity index (χ0) is 17.3. The molecule has 136 valence electrons. The number of nitrogens with zero attached hydrogens (tertiary/aromatic N) is 2. The van der Waals surface area contributed by atoms with Gasteiger partial charge in [-0.15, -0.1) is 12.4 Å². The van der Waals surface area contributed by atoms with Crippen molar-refractivity contribution in [2.45, 2.75) is 18.4 Å². The number of rotatable bonds is 4. The zero-order valence-electron chi connectivity index (χ0n) is 13.5. The van der Waals surface area contributed by atoms with E-state index in [4.69, 9.17) is 10.5 Å². The van der Waals surface area contributed by atoms with E-state index in [1.54, 1.807) is 23.2 Å². The van der Waals surface area contributed by atoms with E-state index in [2.05, 4.69) is 10.3 Å². The number of aryl methyl sites for hydroxylation is 1. The Labute approximate surface area is 149 Å². The molecule has 0 aliphatic carbocycles. The van der Waals surface area contributed by atoms with Crippen LogP contribution in [0.5, 0.6) is 5.75 Å². The van der Waals surface area contributed by atoms with Crippen molar-refractivity contribution in [1.29, 1.82) is 0 Å². The summed E-state index contributed by atoms with van der Waals surface area (Å²) in [4.78, 5) is 15.9. The predicted molar refractivity (Wildman–Crippen MR) is 91.3 cm³/mol.